The SMILES string of the molecule is Cc1cccc(CS(=O)(=O)Nc2ccc(Oc3cc(-n4cnc(C)c4C)nc(C)n3)cc2)c1. The molecule has 0 aliphatic carbocycles. The number of hydrogen-bond donors (Lipinski definition) is 1. The normalized spacial score (nSPS) is 11.4. The first-order valence-electron chi connectivity index (χ1n) is 10.4. The van der Waals surface area contributed by atoms with Gasteiger partial charge in [-0.05, 0) is 57.5 Å². The third kappa shape index (κ3) is 5.56. The van der Waals surface area contributed by atoms with Gasteiger partial charge in [0, 0.05) is 17.4 Å². The Morgan fingerprint density at radius 2 is 1.73 bits per heavy atom. The van der Waals surface area contributed by atoms with Crippen LogP contribution in [0, 0.1) is 27.7 Å². The van der Waals surface area contributed by atoms with Crippen molar-refractivity contribution in [2.24, 2.45) is 0 Å². The Balaban J connectivity index is 1.47. The molecule has 2 aromatic heterocycles. The van der Waals surface area contributed by atoms with E-state index in [0.29, 0.717) is 29.0 Å². The van der Waals surface area contributed by atoms with Crippen LogP contribution in [0.3, 0.4) is 0 Å². The van der Waals surface area contributed by atoms with Gasteiger partial charge in [-0.1, -0.05) is 29.8 Å². The van der Waals surface area contributed by atoms with E-state index >= 15 is 0 Å². The van der Waals surface area contributed by atoms with E-state index in [2.05, 4.69) is 19.7 Å². The zero-order valence-electron chi connectivity index (χ0n) is 18.9. The van der Waals surface area contributed by atoms with Gasteiger partial charge in [-0.3, -0.25) is 9.29 Å². The van der Waals surface area contributed by atoms with Crippen molar-refractivity contribution in [1.82, 2.24) is 19.5 Å². The summed E-state index contributed by atoms with van der Waals surface area (Å²) in [6.07, 6.45) is 1.72. The number of aryl methyl sites for hydroxylation is 3. The van der Waals surface area contributed by atoms with Gasteiger partial charge < -0.3 is 4.74 Å². The maximum atomic E-state index is 12.5. The van der Waals surface area contributed by atoms with Gasteiger partial charge in [-0.15, -0.1) is 0 Å². The minimum Gasteiger partial charge on any atom is -0.439 e. The van der Waals surface area contributed by atoms with E-state index in [-0.39, 0.29) is 5.75 Å². The Morgan fingerprint density at radius 1 is 0.970 bits per heavy atom. The van der Waals surface area contributed by atoms with Crippen LogP contribution in [-0.2, 0) is 15.8 Å². The van der Waals surface area contributed by atoms with Crippen molar-refractivity contribution in [3.05, 3.63) is 89.3 Å². The summed E-state index contributed by atoms with van der Waals surface area (Å²) in [5.74, 6) is 2.04. The second-order valence-electron chi connectivity index (χ2n) is 7.87. The highest BCUT2D eigenvalue weighted by Gasteiger charge is 2.13. The van der Waals surface area contributed by atoms with Crippen molar-refractivity contribution in [3.63, 3.8) is 0 Å². The molecule has 0 amide bonds. The van der Waals surface area contributed by atoms with Crippen LogP contribution in [0.1, 0.15) is 28.3 Å². The second-order valence-corrected chi connectivity index (χ2v) is 9.60. The maximum Gasteiger partial charge on any atom is 0.236 e. The summed E-state index contributed by atoms with van der Waals surface area (Å²) in [6.45, 7) is 7.64. The Hall–Kier alpha value is -3.72. The molecule has 0 radical (unpaired) electrons. The van der Waals surface area contributed by atoms with Crippen molar-refractivity contribution in [2.45, 2.75) is 33.4 Å². The molecule has 2 aromatic carbocycles. The topological polar surface area (TPSA) is 99.0 Å². The lowest BCUT2D eigenvalue weighted by molar-refractivity contribution is 0.459. The molecule has 0 unspecified atom stereocenters. The van der Waals surface area contributed by atoms with E-state index in [4.69, 9.17) is 4.74 Å². The number of imidazole rings is 1. The lowest BCUT2D eigenvalue weighted by Crippen LogP contribution is -2.15. The minimum atomic E-state index is -3.54. The van der Waals surface area contributed by atoms with E-state index in [1.165, 1.54) is 0 Å². The lowest BCUT2D eigenvalue weighted by Gasteiger charge is -2.11. The van der Waals surface area contributed by atoms with Crippen LogP contribution in [0.2, 0.25) is 0 Å². The molecule has 1 N–H and O–H groups in total. The highest BCUT2D eigenvalue weighted by Crippen LogP contribution is 2.24. The number of nitrogens with one attached hydrogen (secondary N) is 1. The first kappa shape index (κ1) is 22.5. The van der Waals surface area contributed by atoms with Crippen LogP contribution in [0.5, 0.6) is 11.6 Å². The summed E-state index contributed by atoms with van der Waals surface area (Å²) < 4.78 is 35.4. The molecule has 170 valence electrons. The van der Waals surface area contributed by atoms with Gasteiger partial charge in [0.25, 0.3) is 0 Å². The Bertz CT molecular complexity index is 1400. The summed E-state index contributed by atoms with van der Waals surface area (Å²) >= 11 is 0. The number of anilines is 1. The first-order chi connectivity index (χ1) is 15.7. The third-order valence-corrected chi connectivity index (χ3v) is 6.35. The fourth-order valence-electron chi connectivity index (χ4n) is 3.38. The Labute approximate surface area is 193 Å². The monoisotopic (exact) mass is 463 g/mol. The Morgan fingerprint density at radius 3 is 2.39 bits per heavy atom. The predicted octanol–water partition coefficient (Wildman–Crippen LogP) is 4.63. The quantitative estimate of drug-likeness (QED) is 0.429. The summed E-state index contributed by atoms with van der Waals surface area (Å²) in [5, 5.41) is 0. The van der Waals surface area contributed by atoms with Crippen molar-refractivity contribution >= 4 is 15.7 Å². The number of hydrogen-bond acceptors (Lipinski definition) is 6. The molecule has 8 nitrogen and oxygen atoms in total. The highest BCUT2D eigenvalue weighted by atomic mass is 32.2. The number of sulfonamides is 1. The van der Waals surface area contributed by atoms with Crippen LogP contribution in [0.4, 0.5) is 5.69 Å². The van der Waals surface area contributed by atoms with Crippen molar-refractivity contribution < 1.29 is 13.2 Å². The van der Waals surface area contributed by atoms with E-state index < -0.39 is 10.0 Å². The van der Waals surface area contributed by atoms with E-state index in [0.717, 1.165) is 22.5 Å². The van der Waals surface area contributed by atoms with Gasteiger partial charge in [-0.2, -0.15) is 4.98 Å². The number of nitrogens with zero attached hydrogens (tertiary/aromatic N) is 4. The zero-order valence-corrected chi connectivity index (χ0v) is 19.7. The van der Waals surface area contributed by atoms with Crippen LogP contribution < -0.4 is 9.46 Å². The first-order valence-corrected chi connectivity index (χ1v) is 12.0. The zero-order chi connectivity index (χ0) is 23.6. The fourth-order valence-corrected chi connectivity index (χ4v) is 4.57. The molecule has 0 aliphatic rings. The standard InChI is InChI=1S/C24H25N5O3S/c1-16-6-5-7-20(12-16)14-33(30,31)28-21-8-10-22(11-9-21)32-24-13-23(26-19(4)27-24)29-15-25-17(2)18(29)3/h5-13,15,28H,14H2,1-4H3. The molecule has 33 heavy (non-hydrogen) atoms. The van der Waals surface area contributed by atoms with Gasteiger partial charge in [0.05, 0.1) is 11.4 Å². The van der Waals surface area contributed by atoms with Gasteiger partial charge in [0.15, 0.2) is 0 Å². The van der Waals surface area contributed by atoms with E-state index in [9.17, 15) is 8.42 Å². The molecule has 0 spiro atoms. The van der Waals surface area contributed by atoms with E-state index in [1.54, 1.807) is 49.6 Å². The van der Waals surface area contributed by atoms with Crippen LogP contribution >= 0.6 is 0 Å². The summed E-state index contributed by atoms with van der Waals surface area (Å²) in [4.78, 5) is 13.1. The predicted molar refractivity (Wildman–Crippen MR) is 127 cm³/mol. The molecule has 0 saturated heterocycles. The summed E-state index contributed by atoms with van der Waals surface area (Å²) in [7, 11) is -3.54. The average Bonchev–Trinajstić information content (AvgIpc) is 3.07. The van der Waals surface area contributed by atoms with Crippen LogP contribution in [0.15, 0.2) is 60.9 Å². The largest absolute Gasteiger partial charge is 0.439 e. The number of rotatable bonds is 7. The van der Waals surface area contributed by atoms with Crippen LogP contribution in [0.25, 0.3) is 5.82 Å². The molecule has 0 saturated carbocycles. The second kappa shape index (κ2) is 9.03. The number of ether oxygens (including phenoxy) is 1. The molecule has 2 heterocycles. The van der Waals surface area contributed by atoms with Gasteiger partial charge in [0.1, 0.15) is 23.7 Å². The van der Waals surface area contributed by atoms with E-state index in [1.807, 2.05) is 43.5 Å². The molecular weight excluding hydrogens is 438 g/mol. The summed E-state index contributed by atoms with van der Waals surface area (Å²) in [5.41, 5.74) is 4.13. The molecule has 9 heteroatoms. The smallest absolute Gasteiger partial charge is 0.236 e. The van der Waals surface area contributed by atoms with Gasteiger partial charge >= 0.3 is 0 Å². The molecule has 4 rings (SSSR count). The van der Waals surface area contributed by atoms with Crippen molar-refractivity contribution in [3.8, 4) is 17.4 Å². The molecule has 0 bridgehead atoms. The number of aromatic nitrogens is 4. The average molecular weight is 464 g/mol. The van der Waals surface area contributed by atoms with Gasteiger partial charge in [-0.25, -0.2) is 18.4 Å². The van der Waals surface area contributed by atoms with Crippen LogP contribution in [-0.4, -0.2) is 27.9 Å². The van der Waals surface area contributed by atoms with Gasteiger partial charge in [0.2, 0.25) is 15.9 Å². The highest BCUT2D eigenvalue weighted by molar-refractivity contribution is 7.91. The molecule has 0 atom stereocenters. The maximum absolute atomic E-state index is 12.5. The molecule has 0 fully saturated rings. The minimum absolute atomic E-state index is 0.0942. The fraction of sp³-hybridized carbons (Fsp3) is 0.208. The molecule has 4 aromatic rings. The van der Waals surface area contributed by atoms with Crippen molar-refractivity contribution in [2.75, 3.05) is 4.72 Å². The third-order valence-electron chi connectivity index (χ3n) is 5.09. The summed E-state index contributed by atoms with van der Waals surface area (Å²) in [6, 6.07) is 15.9. The number of benzene rings is 2. The van der Waals surface area contributed by atoms with Crippen molar-refractivity contribution in [1.29, 1.82) is 0 Å². The Kier molecular flexibility index (Phi) is 6.15. The molecular formula is C24H25N5O3S. The lowest BCUT2D eigenvalue weighted by atomic mass is 10.2. The molecule has 0 aliphatic heterocycles.